The first-order chi connectivity index (χ1) is 6.29. The molecular weight excluding hydrogens is 277 g/mol. The molecule has 0 atom stereocenters. The summed E-state index contributed by atoms with van der Waals surface area (Å²) in [7, 11) is 0. The maximum absolute atomic E-state index is 4.23. The Hall–Kier alpha value is -0.650. The van der Waals surface area contributed by atoms with Crippen LogP contribution in [0.15, 0.2) is 25.2 Å². The maximum atomic E-state index is 4.23. The Bertz CT molecular complexity index is 288. The van der Waals surface area contributed by atoms with Gasteiger partial charge in [0.1, 0.15) is 12.1 Å². The number of halogens is 1. The van der Waals surface area contributed by atoms with E-state index < -0.39 is 0 Å². The fourth-order valence-corrected chi connectivity index (χ4v) is 1.70. The first-order valence-electron chi connectivity index (χ1n) is 4.11. The minimum atomic E-state index is 0.823. The van der Waals surface area contributed by atoms with Crippen molar-refractivity contribution < 1.29 is 0 Å². The van der Waals surface area contributed by atoms with Crippen molar-refractivity contribution in [1.29, 1.82) is 0 Å². The predicted octanol–water partition coefficient (Wildman–Crippen LogP) is 2.09. The van der Waals surface area contributed by atoms with Crippen molar-refractivity contribution in [2.45, 2.75) is 6.92 Å². The van der Waals surface area contributed by atoms with Gasteiger partial charge in [0.15, 0.2) is 0 Å². The Kier molecular flexibility index (Phi) is 4.14. The lowest BCUT2D eigenvalue weighted by Gasteiger charge is -2.20. The zero-order chi connectivity index (χ0) is 9.68. The maximum Gasteiger partial charge on any atom is 0.145 e. The second-order valence-corrected chi connectivity index (χ2v) is 3.68. The van der Waals surface area contributed by atoms with Crippen LogP contribution in [0.4, 0.5) is 5.82 Å². The summed E-state index contributed by atoms with van der Waals surface area (Å²) in [5, 5.41) is 0. The third kappa shape index (κ3) is 2.65. The van der Waals surface area contributed by atoms with Crippen molar-refractivity contribution in [2.24, 2.45) is 0 Å². The van der Waals surface area contributed by atoms with Crippen LogP contribution in [0.5, 0.6) is 0 Å². The number of hydrogen-bond acceptors (Lipinski definition) is 3. The van der Waals surface area contributed by atoms with E-state index in [1.54, 1.807) is 6.33 Å². The van der Waals surface area contributed by atoms with Gasteiger partial charge in [0.05, 0.1) is 3.57 Å². The summed E-state index contributed by atoms with van der Waals surface area (Å²) in [6.45, 7) is 7.57. The molecule has 4 heteroatoms. The van der Waals surface area contributed by atoms with Crippen LogP contribution in [0, 0.1) is 3.57 Å². The molecule has 0 amide bonds. The van der Waals surface area contributed by atoms with Crippen molar-refractivity contribution in [3.63, 3.8) is 0 Å². The molecule has 0 saturated carbocycles. The van der Waals surface area contributed by atoms with Crippen LogP contribution in [-0.4, -0.2) is 23.1 Å². The average molecular weight is 289 g/mol. The van der Waals surface area contributed by atoms with Crippen molar-refractivity contribution >= 4 is 28.4 Å². The molecule has 0 aliphatic carbocycles. The molecule has 3 nitrogen and oxygen atoms in total. The Morgan fingerprint density at radius 1 is 1.69 bits per heavy atom. The summed E-state index contributed by atoms with van der Waals surface area (Å²) >= 11 is 2.24. The van der Waals surface area contributed by atoms with Gasteiger partial charge in [-0.2, -0.15) is 0 Å². The van der Waals surface area contributed by atoms with Crippen molar-refractivity contribution in [1.82, 2.24) is 9.97 Å². The highest BCUT2D eigenvalue weighted by Gasteiger charge is 2.07. The van der Waals surface area contributed by atoms with Crippen LogP contribution in [0.1, 0.15) is 6.92 Å². The predicted molar refractivity (Wildman–Crippen MR) is 62.8 cm³/mol. The molecule has 0 bridgehead atoms. The zero-order valence-electron chi connectivity index (χ0n) is 7.57. The summed E-state index contributed by atoms with van der Waals surface area (Å²) in [4.78, 5) is 10.3. The number of nitrogens with zero attached hydrogens (tertiary/aromatic N) is 3. The van der Waals surface area contributed by atoms with Gasteiger partial charge in [-0.15, -0.1) is 6.58 Å². The summed E-state index contributed by atoms with van der Waals surface area (Å²) in [5.41, 5.74) is 0. The van der Waals surface area contributed by atoms with E-state index in [-0.39, 0.29) is 0 Å². The highest BCUT2D eigenvalue weighted by Crippen LogP contribution is 2.17. The largest absolute Gasteiger partial charge is 0.352 e. The Morgan fingerprint density at radius 2 is 2.46 bits per heavy atom. The van der Waals surface area contributed by atoms with Crippen LogP contribution >= 0.6 is 22.6 Å². The van der Waals surface area contributed by atoms with Gasteiger partial charge in [-0.3, -0.25) is 0 Å². The Morgan fingerprint density at radius 3 is 3.00 bits per heavy atom. The third-order valence-corrected chi connectivity index (χ3v) is 2.44. The summed E-state index contributed by atoms with van der Waals surface area (Å²) in [6, 6.07) is 0. The van der Waals surface area contributed by atoms with E-state index in [1.807, 2.05) is 12.3 Å². The van der Waals surface area contributed by atoms with E-state index >= 15 is 0 Å². The SMILES string of the molecule is C=CCN(CC)c1ncncc1I. The lowest BCUT2D eigenvalue weighted by atomic mass is 10.4. The van der Waals surface area contributed by atoms with Crippen LogP contribution in [0.2, 0.25) is 0 Å². The quantitative estimate of drug-likeness (QED) is 0.628. The van der Waals surface area contributed by atoms with Gasteiger partial charge >= 0.3 is 0 Å². The van der Waals surface area contributed by atoms with Crippen LogP contribution < -0.4 is 4.90 Å². The Labute approximate surface area is 92.0 Å². The lowest BCUT2D eigenvalue weighted by Crippen LogP contribution is -2.24. The molecule has 1 aromatic heterocycles. The van der Waals surface area contributed by atoms with E-state index in [0.29, 0.717) is 0 Å². The second kappa shape index (κ2) is 5.16. The van der Waals surface area contributed by atoms with Gasteiger partial charge in [0.2, 0.25) is 0 Å². The van der Waals surface area contributed by atoms with Crippen LogP contribution in [-0.2, 0) is 0 Å². The van der Waals surface area contributed by atoms with E-state index in [2.05, 4.69) is 51.0 Å². The molecule has 1 heterocycles. The molecule has 0 fully saturated rings. The highest BCUT2D eigenvalue weighted by molar-refractivity contribution is 14.1. The van der Waals surface area contributed by atoms with Gasteiger partial charge < -0.3 is 4.90 Å². The summed E-state index contributed by atoms with van der Waals surface area (Å²) < 4.78 is 1.07. The Balaban J connectivity index is 2.90. The molecule has 0 unspecified atom stereocenters. The van der Waals surface area contributed by atoms with Crippen molar-refractivity contribution in [3.8, 4) is 0 Å². The van der Waals surface area contributed by atoms with Gasteiger partial charge in [0.25, 0.3) is 0 Å². The minimum absolute atomic E-state index is 0.823. The zero-order valence-corrected chi connectivity index (χ0v) is 9.73. The molecule has 0 spiro atoms. The molecule has 0 N–H and O–H groups in total. The minimum Gasteiger partial charge on any atom is -0.352 e. The van der Waals surface area contributed by atoms with E-state index in [4.69, 9.17) is 0 Å². The summed E-state index contributed by atoms with van der Waals surface area (Å²) in [6.07, 6.45) is 5.26. The topological polar surface area (TPSA) is 29.0 Å². The monoisotopic (exact) mass is 289 g/mol. The molecule has 13 heavy (non-hydrogen) atoms. The number of anilines is 1. The molecule has 70 valence electrons. The number of rotatable bonds is 4. The molecular formula is C9H12IN3. The number of hydrogen-bond donors (Lipinski definition) is 0. The number of likely N-dealkylation sites (N-methyl/N-ethyl adjacent to an activating group) is 1. The molecule has 0 aliphatic heterocycles. The lowest BCUT2D eigenvalue weighted by molar-refractivity contribution is 0.871. The van der Waals surface area contributed by atoms with E-state index in [1.165, 1.54) is 0 Å². The van der Waals surface area contributed by atoms with E-state index in [0.717, 1.165) is 22.5 Å². The average Bonchev–Trinajstić information content (AvgIpc) is 2.16. The molecule has 1 rings (SSSR count). The molecule has 0 radical (unpaired) electrons. The first-order valence-corrected chi connectivity index (χ1v) is 5.18. The first kappa shape index (κ1) is 10.4. The second-order valence-electron chi connectivity index (χ2n) is 2.52. The normalized spacial score (nSPS) is 9.69. The highest BCUT2D eigenvalue weighted by atomic mass is 127. The van der Waals surface area contributed by atoms with Crippen LogP contribution in [0.3, 0.4) is 0 Å². The van der Waals surface area contributed by atoms with Gasteiger partial charge in [0, 0.05) is 19.3 Å². The molecule has 1 aromatic rings. The van der Waals surface area contributed by atoms with Crippen molar-refractivity contribution in [3.05, 3.63) is 28.7 Å². The molecule has 0 aromatic carbocycles. The molecule has 0 saturated heterocycles. The van der Waals surface area contributed by atoms with Crippen LogP contribution in [0.25, 0.3) is 0 Å². The summed E-state index contributed by atoms with van der Waals surface area (Å²) in [5.74, 6) is 0.984. The van der Waals surface area contributed by atoms with Gasteiger partial charge in [-0.1, -0.05) is 6.08 Å². The standard InChI is InChI=1S/C9H12IN3/c1-3-5-13(4-2)9-8(10)6-11-7-12-9/h3,6-7H,1,4-5H2,2H3. The number of aromatic nitrogens is 2. The third-order valence-electron chi connectivity index (χ3n) is 1.68. The van der Waals surface area contributed by atoms with E-state index in [9.17, 15) is 0 Å². The van der Waals surface area contributed by atoms with Gasteiger partial charge in [-0.05, 0) is 29.5 Å². The fraction of sp³-hybridized carbons (Fsp3) is 0.333. The smallest absolute Gasteiger partial charge is 0.145 e. The van der Waals surface area contributed by atoms with Gasteiger partial charge in [-0.25, -0.2) is 9.97 Å². The van der Waals surface area contributed by atoms with Crippen molar-refractivity contribution in [2.75, 3.05) is 18.0 Å². The fourth-order valence-electron chi connectivity index (χ4n) is 1.06. The molecule has 0 aliphatic rings.